The zero-order valence-corrected chi connectivity index (χ0v) is 51.6. The molecule has 1 atom stereocenters. The molecule has 2 aromatic heterocycles. The minimum atomic E-state index is 0.0115. The molecule has 0 spiro atoms. The van der Waals surface area contributed by atoms with Gasteiger partial charge in [-0.15, -0.1) is 11.3 Å². The third-order valence-corrected chi connectivity index (χ3v) is 22.5. The predicted molar refractivity (Wildman–Crippen MR) is 344 cm³/mol. The number of thiophene rings is 1. The summed E-state index contributed by atoms with van der Waals surface area (Å²) >= 11 is 2.08. The molecule has 8 aromatic rings. The summed E-state index contributed by atoms with van der Waals surface area (Å²) in [5.74, 6) is 0.431. The van der Waals surface area contributed by atoms with Crippen molar-refractivity contribution in [3.05, 3.63) is 152 Å². The smallest absolute Gasteiger partial charge is 0.264 e. The molecule has 2 aliphatic heterocycles. The fourth-order valence-electron chi connectivity index (χ4n) is 15.8. The van der Waals surface area contributed by atoms with E-state index in [1.165, 1.54) is 170 Å². The van der Waals surface area contributed by atoms with E-state index in [4.69, 9.17) is 0 Å². The molecule has 0 saturated heterocycles. The van der Waals surface area contributed by atoms with Gasteiger partial charge in [-0.25, -0.2) is 0 Å². The van der Waals surface area contributed by atoms with Gasteiger partial charge in [0.25, 0.3) is 6.71 Å². The van der Waals surface area contributed by atoms with Gasteiger partial charge in [-0.05, 0) is 212 Å². The van der Waals surface area contributed by atoms with Crippen molar-refractivity contribution < 1.29 is 0 Å². The number of benzene rings is 6. The molecule has 404 valence electrons. The standard InChI is InChI=1S/C74H84BN3S/c1-43-18-25-49-50-26-19-44(2)35-60(50)77(59(49)34-43)48-37-62-65-63(38-48)78(46-22-20-45(21-23-46)68(3,4)5)66-51-39-54-57(74(16,17)33-30-71(54,10)11)42-64(51)79-67(66)75(65)58-40-55-56(73(14,15)32-31-72(55,12)13)41-61(58)76(62)47-24-27-52-53(36-47)70(8,9)29-28-69(52,6)7/h18,20-27,34-42,44H,19,28-33H2,1-17H3. The molecule has 0 amide bonds. The van der Waals surface area contributed by atoms with Gasteiger partial charge in [0.05, 0.1) is 22.2 Å². The lowest BCUT2D eigenvalue weighted by molar-refractivity contribution is 0.332. The summed E-state index contributed by atoms with van der Waals surface area (Å²) < 4.78 is 5.53. The monoisotopic (exact) mass is 1060 g/mol. The molecule has 1 unspecified atom stereocenters. The van der Waals surface area contributed by atoms with Crippen LogP contribution in [0.15, 0.2) is 97.1 Å². The van der Waals surface area contributed by atoms with Crippen LogP contribution < -0.4 is 36.1 Å². The number of aromatic nitrogens is 1. The summed E-state index contributed by atoms with van der Waals surface area (Å²) in [6.45, 7) is 41.7. The molecule has 14 rings (SSSR count). The van der Waals surface area contributed by atoms with Crippen LogP contribution in [0.5, 0.6) is 0 Å². The van der Waals surface area contributed by atoms with Gasteiger partial charge < -0.3 is 14.4 Å². The minimum Gasteiger partial charge on any atom is -0.311 e. The van der Waals surface area contributed by atoms with Crippen molar-refractivity contribution in [2.75, 3.05) is 9.80 Å². The van der Waals surface area contributed by atoms with E-state index in [0.29, 0.717) is 5.92 Å². The number of fused-ring (bicyclic) bond motifs is 12. The molecule has 5 heteroatoms. The fraction of sp³-hybridized carbons (Fsp3) is 0.432. The Balaban J connectivity index is 1.18. The van der Waals surface area contributed by atoms with Crippen LogP contribution in [0.2, 0.25) is 0 Å². The van der Waals surface area contributed by atoms with Crippen molar-refractivity contribution in [3.63, 3.8) is 0 Å². The fourth-order valence-corrected chi connectivity index (χ4v) is 17.2. The number of hydrogen-bond donors (Lipinski definition) is 0. The molecule has 6 aliphatic rings. The predicted octanol–water partition coefficient (Wildman–Crippen LogP) is 17.2. The summed E-state index contributed by atoms with van der Waals surface area (Å²) in [4.78, 5) is 5.52. The summed E-state index contributed by atoms with van der Waals surface area (Å²) in [5, 5.41) is 5.41. The van der Waals surface area contributed by atoms with Gasteiger partial charge in [-0.1, -0.05) is 159 Å². The first-order valence-corrected chi connectivity index (χ1v) is 31.0. The number of hydrogen-bond acceptors (Lipinski definition) is 3. The van der Waals surface area contributed by atoms with Gasteiger partial charge in [-0.3, -0.25) is 0 Å². The third kappa shape index (κ3) is 7.48. The summed E-state index contributed by atoms with van der Waals surface area (Å²) in [7, 11) is 0. The maximum atomic E-state index is 2.77. The topological polar surface area (TPSA) is 11.4 Å². The van der Waals surface area contributed by atoms with E-state index in [1.807, 2.05) is 0 Å². The van der Waals surface area contributed by atoms with Crippen molar-refractivity contribution in [3.8, 4) is 5.69 Å². The highest BCUT2D eigenvalue weighted by Crippen LogP contribution is 2.56. The zero-order chi connectivity index (χ0) is 55.6. The molecule has 3 nitrogen and oxygen atoms in total. The Morgan fingerprint density at radius 3 is 1.68 bits per heavy atom. The first-order valence-electron chi connectivity index (χ1n) is 30.2. The molecule has 0 radical (unpaired) electrons. The molecule has 79 heavy (non-hydrogen) atoms. The lowest BCUT2D eigenvalue weighted by Crippen LogP contribution is -2.61. The van der Waals surface area contributed by atoms with E-state index >= 15 is 0 Å². The van der Waals surface area contributed by atoms with Crippen LogP contribution in [-0.2, 0) is 37.9 Å². The number of anilines is 6. The summed E-state index contributed by atoms with van der Waals surface area (Å²) in [5.41, 5.74) is 25.2. The van der Waals surface area contributed by atoms with E-state index in [0.717, 1.165) is 6.42 Å². The lowest BCUT2D eigenvalue weighted by atomic mass is 9.35. The van der Waals surface area contributed by atoms with Gasteiger partial charge in [0.15, 0.2) is 0 Å². The van der Waals surface area contributed by atoms with Crippen LogP contribution >= 0.6 is 11.3 Å². The van der Waals surface area contributed by atoms with E-state index in [-0.39, 0.29) is 44.6 Å². The van der Waals surface area contributed by atoms with E-state index in [2.05, 4.69) is 253 Å². The van der Waals surface area contributed by atoms with E-state index in [9.17, 15) is 0 Å². The Morgan fingerprint density at radius 1 is 0.519 bits per heavy atom. The maximum Gasteiger partial charge on any atom is 0.264 e. The first-order chi connectivity index (χ1) is 37.0. The normalized spacial score (nSPS) is 21.2. The van der Waals surface area contributed by atoms with Gasteiger partial charge in [0, 0.05) is 53.9 Å². The zero-order valence-electron chi connectivity index (χ0n) is 50.7. The minimum absolute atomic E-state index is 0.0115. The molecule has 4 heterocycles. The first kappa shape index (κ1) is 51.4. The highest BCUT2D eigenvalue weighted by molar-refractivity contribution is 7.33. The van der Waals surface area contributed by atoms with Gasteiger partial charge in [0.2, 0.25) is 0 Å². The molecular formula is C74H84BN3S. The van der Waals surface area contributed by atoms with Crippen LogP contribution in [0.25, 0.3) is 38.8 Å². The highest BCUT2D eigenvalue weighted by atomic mass is 32.1. The molecule has 0 fully saturated rings. The Hall–Kier alpha value is -5.78. The maximum absolute atomic E-state index is 2.77. The Morgan fingerprint density at radius 2 is 1.06 bits per heavy atom. The lowest BCUT2D eigenvalue weighted by Gasteiger charge is -2.47. The second kappa shape index (κ2) is 16.5. The molecule has 0 N–H and O–H groups in total. The van der Waals surface area contributed by atoms with Crippen LogP contribution in [0, 0.1) is 12.8 Å². The number of nitrogens with zero attached hydrogens (tertiary/aromatic N) is 3. The largest absolute Gasteiger partial charge is 0.311 e. The van der Waals surface area contributed by atoms with Gasteiger partial charge >= 0.3 is 0 Å². The Bertz CT molecular complexity index is 4080. The van der Waals surface area contributed by atoms with Crippen LogP contribution in [0.4, 0.5) is 34.1 Å². The number of aryl methyl sites for hydroxylation is 1. The van der Waals surface area contributed by atoms with Crippen LogP contribution in [-0.4, -0.2) is 11.3 Å². The summed E-state index contributed by atoms with van der Waals surface area (Å²) in [6.07, 6.45) is 13.2. The van der Waals surface area contributed by atoms with Crippen LogP contribution in [0.1, 0.15) is 200 Å². The van der Waals surface area contributed by atoms with Crippen molar-refractivity contribution in [1.82, 2.24) is 4.57 Å². The molecule has 6 aromatic carbocycles. The highest BCUT2D eigenvalue weighted by Gasteiger charge is 2.50. The molecule has 0 saturated carbocycles. The van der Waals surface area contributed by atoms with Crippen molar-refractivity contribution >= 4 is 101 Å². The molecular weight excluding hydrogens is 974 g/mol. The molecule has 4 aliphatic carbocycles. The average Bonchev–Trinajstić information content (AvgIpc) is 2.99. The third-order valence-electron chi connectivity index (χ3n) is 21.3. The Kier molecular flexibility index (Phi) is 10.7. The molecule has 0 bridgehead atoms. The van der Waals surface area contributed by atoms with Crippen molar-refractivity contribution in [1.29, 1.82) is 0 Å². The summed E-state index contributed by atoms with van der Waals surface area (Å²) in [6, 6.07) is 40.6. The second-order valence-electron chi connectivity index (χ2n) is 30.7. The number of rotatable bonds is 3. The van der Waals surface area contributed by atoms with Crippen molar-refractivity contribution in [2.45, 2.75) is 201 Å². The Labute approximate surface area is 476 Å². The average molecular weight is 1060 g/mol. The second-order valence-corrected chi connectivity index (χ2v) is 31.8. The quantitative estimate of drug-likeness (QED) is 0.163. The van der Waals surface area contributed by atoms with Crippen LogP contribution in [0.3, 0.4) is 0 Å². The SMILES string of the molecule is Cc1ccc2c3c(n(-c4cc5c6c(c4)N(c4ccc(C(C)(C)C)cc4)c4c(sc7cc8c(cc47)C(C)(C)CCC8(C)C)B6c4cc6c(cc4N5c4ccc5c(c4)C(C)(C)CCC5(C)C)C(C)(C)CCC6(C)C)c2c1)=CC(C)CC=3. The van der Waals surface area contributed by atoms with Crippen molar-refractivity contribution in [2.24, 2.45) is 5.92 Å². The van der Waals surface area contributed by atoms with Gasteiger partial charge in [-0.2, -0.15) is 0 Å². The van der Waals surface area contributed by atoms with E-state index < -0.39 is 0 Å². The van der Waals surface area contributed by atoms with Gasteiger partial charge in [0.1, 0.15) is 0 Å². The van der Waals surface area contributed by atoms with E-state index in [1.54, 1.807) is 0 Å².